The number of nitrogens with zero attached hydrogens (tertiary/aromatic N) is 2. The van der Waals surface area contributed by atoms with Gasteiger partial charge in [-0.15, -0.1) is 0 Å². The summed E-state index contributed by atoms with van der Waals surface area (Å²) < 4.78 is 73.5. The van der Waals surface area contributed by atoms with Crippen molar-refractivity contribution < 1.29 is 35.3 Å². The standard InChI is InChI=1S/C29H23ClF3N3O6S/c30-25-23-11-12-24(28(38)41-17-18-7-3-1-4-8-18)36(23)27(37)26(35-25)34-16-19-13-21(20-9-5-2-6-10-20)15-22(14-19)42-43(39,40)29(31,32)33/h1-10,13-15,24H,11-12,16-17H2,(H,34,35)/t24-/m0/s1. The summed E-state index contributed by atoms with van der Waals surface area (Å²) in [6.45, 7) is -0.152. The molecule has 0 saturated carbocycles. The number of nitrogens with one attached hydrogen (secondary N) is 1. The smallest absolute Gasteiger partial charge is 0.459 e. The molecule has 9 nitrogen and oxygen atoms in total. The number of fused-ring (bicyclic) bond motifs is 1. The first-order chi connectivity index (χ1) is 20.4. The molecule has 14 heteroatoms. The Hall–Kier alpha value is -4.36. The third kappa shape index (κ3) is 6.67. The van der Waals surface area contributed by atoms with E-state index in [0.717, 1.165) is 17.7 Å². The Labute approximate surface area is 249 Å². The summed E-state index contributed by atoms with van der Waals surface area (Å²) in [5.74, 6) is -1.40. The van der Waals surface area contributed by atoms with Crippen molar-refractivity contribution in [3.63, 3.8) is 0 Å². The van der Waals surface area contributed by atoms with Crippen molar-refractivity contribution in [1.82, 2.24) is 9.55 Å². The molecule has 1 aliphatic rings. The lowest BCUT2D eigenvalue weighted by Crippen LogP contribution is -2.31. The van der Waals surface area contributed by atoms with Crippen LogP contribution in [0.2, 0.25) is 5.15 Å². The lowest BCUT2D eigenvalue weighted by molar-refractivity contribution is -0.148. The third-order valence-electron chi connectivity index (χ3n) is 6.65. The summed E-state index contributed by atoms with van der Waals surface area (Å²) in [5.41, 5.74) is -3.91. The van der Waals surface area contributed by atoms with Crippen LogP contribution in [0.5, 0.6) is 5.75 Å². The van der Waals surface area contributed by atoms with Gasteiger partial charge < -0.3 is 14.2 Å². The van der Waals surface area contributed by atoms with Gasteiger partial charge in [0.1, 0.15) is 18.4 Å². The quantitative estimate of drug-likeness (QED) is 0.143. The van der Waals surface area contributed by atoms with Gasteiger partial charge >= 0.3 is 21.6 Å². The Morgan fingerprint density at radius 2 is 1.67 bits per heavy atom. The average molecular weight is 634 g/mol. The molecule has 0 saturated heterocycles. The normalized spacial score (nSPS) is 14.7. The molecule has 3 aromatic carbocycles. The van der Waals surface area contributed by atoms with Crippen LogP contribution in [0, 0.1) is 0 Å². The van der Waals surface area contributed by atoms with Gasteiger partial charge in [-0.2, -0.15) is 21.6 Å². The average Bonchev–Trinajstić information content (AvgIpc) is 3.44. The fourth-order valence-corrected chi connectivity index (χ4v) is 5.35. The molecule has 0 amide bonds. The molecule has 224 valence electrons. The lowest BCUT2D eigenvalue weighted by Gasteiger charge is -2.16. The van der Waals surface area contributed by atoms with Crippen molar-refractivity contribution in [2.24, 2.45) is 0 Å². The highest BCUT2D eigenvalue weighted by molar-refractivity contribution is 7.88. The van der Waals surface area contributed by atoms with Crippen molar-refractivity contribution in [1.29, 1.82) is 0 Å². The molecular formula is C29H23ClF3N3O6S. The van der Waals surface area contributed by atoms with Gasteiger partial charge in [-0.05, 0) is 53.3 Å². The van der Waals surface area contributed by atoms with Gasteiger partial charge in [0.05, 0.1) is 5.69 Å². The number of benzene rings is 3. The number of aromatic nitrogens is 2. The van der Waals surface area contributed by atoms with Crippen LogP contribution in [0.4, 0.5) is 19.0 Å². The number of anilines is 1. The molecule has 43 heavy (non-hydrogen) atoms. The minimum absolute atomic E-state index is 0.00112. The Kier molecular flexibility index (Phi) is 8.47. The number of carbonyl (C=O) groups is 1. The number of hydrogen-bond donors (Lipinski definition) is 1. The van der Waals surface area contributed by atoms with Crippen molar-refractivity contribution >= 4 is 33.5 Å². The molecule has 0 fully saturated rings. The molecule has 1 N–H and O–H groups in total. The molecule has 1 aliphatic heterocycles. The number of esters is 1. The minimum Gasteiger partial charge on any atom is -0.459 e. The van der Waals surface area contributed by atoms with E-state index in [9.17, 15) is 31.2 Å². The number of alkyl halides is 3. The van der Waals surface area contributed by atoms with E-state index in [1.807, 2.05) is 18.2 Å². The van der Waals surface area contributed by atoms with E-state index >= 15 is 0 Å². The van der Waals surface area contributed by atoms with Gasteiger partial charge in [0.2, 0.25) is 0 Å². The van der Waals surface area contributed by atoms with E-state index < -0.39 is 38.9 Å². The monoisotopic (exact) mass is 633 g/mol. The summed E-state index contributed by atoms with van der Waals surface area (Å²) >= 11 is 6.36. The van der Waals surface area contributed by atoms with E-state index in [2.05, 4.69) is 14.5 Å². The molecule has 0 unspecified atom stereocenters. The van der Waals surface area contributed by atoms with Crippen LogP contribution in [0.1, 0.15) is 29.3 Å². The lowest BCUT2D eigenvalue weighted by atomic mass is 10.0. The van der Waals surface area contributed by atoms with Gasteiger partial charge in [-0.3, -0.25) is 9.36 Å². The second kappa shape index (κ2) is 12.1. The van der Waals surface area contributed by atoms with Crippen molar-refractivity contribution in [2.75, 3.05) is 5.32 Å². The summed E-state index contributed by atoms with van der Waals surface area (Å²) in [6.07, 6.45) is 0.598. The zero-order valence-electron chi connectivity index (χ0n) is 22.2. The number of rotatable bonds is 9. The van der Waals surface area contributed by atoms with E-state index in [-0.39, 0.29) is 36.1 Å². The Morgan fingerprint density at radius 3 is 2.35 bits per heavy atom. The molecule has 1 aromatic heterocycles. The van der Waals surface area contributed by atoms with Crippen LogP contribution < -0.4 is 15.1 Å². The molecular weight excluding hydrogens is 611 g/mol. The molecule has 0 spiro atoms. The molecule has 0 radical (unpaired) electrons. The second-order valence-corrected chi connectivity index (χ2v) is 11.5. The van der Waals surface area contributed by atoms with E-state index in [4.69, 9.17) is 16.3 Å². The molecule has 0 aliphatic carbocycles. The van der Waals surface area contributed by atoms with E-state index in [1.165, 1.54) is 4.57 Å². The SMILES string of the molecule is O=C(OCc1ccccc1)[C@@H]1CCc2c(Cl)nc(NCc3cc(OS(=O)(=O)C(F)(F)F)cc(-c4ccccc4)c3)c(=O)n21. The highest BCUT2D eigenvalue weighted by Crippen LogP contribution is 2.32. The maximum atomic E-state index is 13.4. The first-order valence-electron chi connectivity index (χ1n) is 12.9. The predicted octanol–water partition coefficient (Wildman–Crippen LogP) is 5.63. The van der Waals surface area contributed by atoms with Gasteiger partial charge in [0, 0.05) is 6.54 Å². The van der Waals surface area contributed by atoms with Crippen molar-refractivity contribution in [2.45, 2.75) is 37.5 Å². The first-order valence-corrected chi connectivity index (χ1v) is 14.7. The summed E-state index contributed by atoms with van der Waals surface area (Å²) in [5, 5.41) is 2.81. The van der Waals surface area contributed by atoms with E-state index in [0.29, 0.717) is 23.2 Å². The zero-order chi connectivity index (χ0) is 30.8. The van der Waals surface area contributed by atoms with Crippen molar-refractivity contribution in [3.05, 3.63) is 111 Å². The molecule has 5 rings (SSSR count). The Morgan fingerprint density at radius 1 is 1.00 bits per heavy atom. The van der Waals surface area contributed by atoms with Crippen LogP contribution in [-0.2, 0) is 39.2 Å². The van der Waals surface area contributed by atoms with Crippen molar-refractivity contribution in [3.8, 4) is 16.9 Å². The summed E-state index contributed by atoms with van der Waals surface area (Å²) in [6, 6.07) is 20.5. The van der Waals surface area contributed by atoms with E-state index in [1.54, 1.807) is 48.5 Å². The molecule has 0 bridgehead atoms. The Balaban J connectivity index is 1.41. The molecule has 4 aromatic rings. The third-order valence-corrected chi connectivity index (χ3v) is 7.93. The minimum atomic E-state index is -5.94. The van der Waals surface area contributed by atoms with Gasteiger partial charge in [0.25, 0.3) is 5.56 Å². The number of halogens is 4. The van der Waals surface area contributed by atoms with Crippen LogP contribution in [0.25, 0.3) is 11.1 Å². The second-order valence-electron chi connectivity index (χ2n) is 9.59. The highest BCUT2D eigenvalue weighted by Gasteiger charge is 2.48. The molecule has 2 heterocycles. The van der Waals surface area contributed by atoms with Crippen LogP contribution in [0.3, 0.4) is 0 Å². The van der Waals surface area contributed by atoms with Crippen LogP contribution in [0.15, 0.2) is 83.7 Å². The van der Waals surface area contributed by atoms with Crippen LogP contribution in [-0.4, -0.2) is 29.4 Å². The topological polar surface area (TPSA) is 117 Å². The number of ether oxygens (including phenoxy) is 1. The fourth-order valence-electron chi connectivity index (χ4n) is 4.63. The zero-order valence-corrected chi connectivity index (χ0v) is 23.7. The number of hydrogen-bond acceptors (Lipinski definition) is 8. The largest absolute Gasteiger partial charge is 0.534 e. The van der Waals surface area contributed by atoms with Gasteiger partial charge in [0.15, 0.2) is 11.0 Å². The molecule has 1 atom stereocenters. The Bertz CT molecular complexity index is 1820. The summed E-state index contributed by atoms with van der Waals surface area (Å²) in [7, 11) is -5.94. The highest BCUT2D eigenvalue weighted by atomic mass is 35.5. The number of carbonyl (C=O) groups excluding carboxylic acids is 1. The van der Waals surface area contributed by atoms with Gasteiger partial charge in [-0.25, -0.2) is 9.78 Å². The summed E-state index contributed by atoms with van der Waals surface area (Å²) in [4.78, 5) is 30.5. The first kappa shape index (κ1) is 30.1. The van der Waals surface area contributed by atoms with Gasteiger partial charge in [-0.1, -0.05) is 72.3 Å². The fraction of sp³-hybridized carbons (Fsp3) is 0.207. The maximum absolute atomic E-state index is 13.4. The van der Waals surface area contributed by atoms with Crippen LogP contribution >= 0.6 is 11.6 Å². The maximum Gasteiger partial charge on any atom is 0.534 e. The predicted molar refractivity (Wildman–Crippen MR) is 152 cm³/mol.